The van der Waals surface area contributed by atoms with Gasteiger partial charge in [-0.1, -0.05) is 306 Å². The second-order valence-electron chi connectivity index (χ2n) is 23.4. The van der Waals surface area contributed by atoms with Crippen molar-refractivity contribution in [1.29, 1.82) is 0 Å². The van der Waals surface area contributed by atoms with Gasteiger partial charge < -0.3 is 14.2 Å². The Morgan fingerprint density at radius 1 is 0.253 bits per heavy atom. The molecule has 0 spiro atoms. The molecule has 0 aromatic heterocycles. The molecule has 1 unspecified atom stereocenters. The van der Waals surface area contributed by atoms with E-state index in [1.807, 2.05) is 0 Å². The van der Waals surface area contributed by atoms with Gasteiger partial charge in [0.2, 0.25) is 0 Å². The molecule has 0 aromatic carbocycles. The van der Waals surface area contributed by atoms with Crippen LogP contribution in [0.2, 0.25) is 0 Å². The first kappa shape index (κ1) is 76.1. The molecule has 79 heavy (non-hydrogen) atoms. The molecule has 6 nitrogen and oxygen atoms in total. The predicted molar refractivity (Wildman–Crippen MR) is 344 cm³/mol. The SMILES string of the molecule is CCC/C=C\C/C=C\CCCCCCCC(=O)OCC(COC(=O)CCCCCCCCCCCCCCCCC/C=C\C/C=C\CCCCCCC)OC(=O)CCCCCCCCCCC/C=C\CCCCCCCCCC. The first-order valence-electron chi connectivity index (χ1n) is 34.8. The third-order valence-corrected chi connectivity index (χ3v) is 15.4. The summed E-state index contributed by atoms with van der Waals surface area (Å²) in [6.45, 7) is 6.61. The fraction of sp³-hybridized carbons (Fsp3) is 0.822. The number of esters is 3. The van der Waals surface area contributed by atoms with Crippen molar-refractivity contribution in [2.75, 3.05) is 13.2 Å². The number of carbonyl (C=O) groups excluding carboxylic acids is 3. The Labute approximate surface area is 491 Å². The molecule has 0 rings (SSSR count). The van der Waals surface area contributed by atoms with Crippen molar-refractivity contribution < 1.29 is 28.6 Å². The molecule has 0 saturated heterocycles. The van der Waals surface area contributed by atoms with Crippen LogP contribution in [-0.4, -0.2) is 37.2 Å². The van der Waals surface area contributed by atoms with E-state index in [9.17, 15) is 14.4 Å². The third-order valence-electron chi connectivity index (χ3n) is 15.4. The van der Waals surface area contributed by atoms with Crippen LogP contribution >= 0.6 is 0 Å². The van der Waals surface area contributed by atoms with Crippen molar-refractivity contribution in [3.63, 3.8) is 0 Å². The monoisotopic (exact) mass is 1110 g/mol. The van der Waals surface area contributed by atoms with Crippen LogP contribution in [0.1, 0.15) is 367 Å². The number of ether oxygens (including phenoxy) is 3. The van der Waals surface area contributed by atoms with Gasteiger partial charge in [-0.2, -0.15) is 0 Å². The molecule has 460 valence electrons. The van der Waals surface area contributed by atoms with Gasteiger partial charge in [0.05, 0.1) is 0 Å². The van der Waals surface area contributed by atoms with Gasteiger partial charge in [0.15, 0.2) is 6.10 Å². The molecule has 0 heterocycles. The van der Waals surface area contributed by atoms with E-state index in [1.165, 1.54) is 238 Å². The van der Waals surface area contributed by atoms with Crippen molar-refractivity contribution in [1.82, 2.24) is 0 Å². The van der Waals surface area contributed by atoms with E-state index in [1.54, 1.807) is 0 Å². The van der Waals surface area contributed by atoms with Crippen LogP contribution in [0.15, 0.2) is 60.8 Å². The topological polar surface area (TPSA) is 78.9 Å². The van der Waals surface area contributed by atoms with E-state index >= 15 is 0 Å². The van der Waals surface area contributed by atoms with E-state index in [2.05, 4.69) is 81.5 Å². The first-order chi connectivity index (χ1) is 39.0. The van der Waals surface area contributed by atoms with Crippen LogP contribution < -0.4 is 0 Å². The summed E-state index contributed by atoms with van der Waals surface area (Å²) in [7, 11) is 0. The molecule has 0 aromatic rings. The number of hydrogen-bond donors (Lipinski definition) is 0. The predicted octanol–water partition coefficient (Wildman–Crippen LogP) is 23.9. The summed E-state index contributed by atoms with van der Waals surface area (Å²) in [5.74, 6) is -0.873. The maximum absolute atomic E-state index is 12.9. The highest BCUT2D eigenvalue weighted by Crippen LogP contribution is 2.17. The van der Waals surface area contributed by atoms with E-state index in [-0.39, 0.29) is 31.1 Å². The minimum absolute atomic E-state index is 0.0768. The number of hydrogen-bond acceptors (Lipinski definition) is 6. The van der Waals surface area contributed by atoms with Crippen molar-refractivity contribution >= 4 is 17.9 Å². The Morgan fingerprint density at radius 2 is 0.481 bits per heavy atom. The molecule has 0 aliphatic rings. The lowest BCUT2D eigenvalue weighted by molar-refractivity contribution is -0.167. The van der Waals surface area contributed by atoms with Gasteiger partial charge in [0.1, 0.15) is 13.2 Å². The molecule has 0 fully saturated rings. The number of rotatable bonds is 64. The molecule has 0 saturated carbocycles. The van der Waals surface area contributed by atoms with Gasteiger partial charge in [0, 0.05) is 19.3 Å². The van der Waals surface area contributed by atoms with Crippen LogP contribution in [0, 0.1) is 0 Å². The van der Waals surface area contributed by atoms with Crippen LogP contribution in [0.3, 0.4) is 0 Å². The Kier molecular flexibility index (Phi) is 65.1. The molecule has 0 amide bonds. The molecule has 0 N–H and O–H groups in total. The largest absolute Gasteiger partial charge is 0.462 e. The minimum atomic E-state index is -0.782. The van der Waals surface area contributed by atoms with E-state index in [4.69, 9.17) is 14.2 Å². The summed E-state index contributed by atoms with van der Waals surface area (Å²) >= 11 is 0. The summed E-state index contributed by atoms with van der Waals surface area (Å²) in [6, 6.07) is 0. The second kappa shape index (κ2) is 67.6. The van der Waals surface area contributed by atoms with Crippen LogP contribution in [0.4, 0.5) is 0 Å². The second-order valence-corrected chi connectivity index (χ2v) is 23.4. The Balaban J connectivity index is 4.24. The van der Waals surface area contributed by atoms with Gasteiger partial charge in [-0.05, 0) is 103 Å². The molecule has 0 bridgehead atoms. The number of allylic oxidation sites excluding steroid dienone is 10. The molecular weight excluding hydrogens is 973 g/mol. The van der Waals surface area contributed by atoms with Gasteiger partial charge >= 0.3 is 17.9 Å². The van der Waals surface area contributed by atoms with Gasteiger partial charge in [-0.15, -0.1) is 0 Å². The van der Waals surface area contributed by atoms with Gasteiger partial charge in [-0.3, -0.25) is 14.4 Å². The standard InChI is InChI=1S/C73H132O6/c1-4-7-10-13-16-19-22-25-27-29-31-33-34-35-36-37-38-40-41-43-45-48-51-54-57-60-63-66-72(75)78-69-70(68-77-71(74)65-62-59-56-53-50-47-24-21-18-15-12-9-6-3)79-73(76)67-64-61-58-55-52-49-46-44-42-39-32-30-28-26-23-20-17-14-11-8-5-2/h12,15,21-22,24-25,29-32,70H,4-11,13-14,16-20,23,26-28,33-69H2,1-3H3/b15-12-,24-21-,25-22-,31-29-,32-30-. The summed E-state index contributed by atoms with van der Waals surface area (Å²) in [6.07, 6.45) is 86.8. The molecule has 0 aliphatic carbocycles. The highest BCUT2D eigenvalue weighted by molar-refractivity contribution is 5.71. The molecular formula is C73H132O6. The zero-order chi connectivity index (χ0) is 57.1. The first-order valence-corrected chi connectivity index (χ1v) is 34.8. The van der Waals surface area contributed by atoms with E-state index < -0.39 is 6.10 Å². The lowest BCUT2D eigenvalue weighted by Gasteiger charge is -2.18. The maximum atomic E-state index is 12.9. The third kappa shape index (κ3) is 65.8. The molecule has 0 radical (unpaired) electrons. The smallest absolute Gasteiger partial charge is 0.306 e. The zero-order valence-electron chi connectivity index (χ0n) is 52.9. The van der Waals surface area contributed by atoms with Crippen LogP contribution in [0.5, 0.6) is 0 Å². The Hall–Kier alpha value is -2.89. The number of carbonyl (C=O) groups is 3. The number of unbranched alkanes of at least 4 members (excludes halogenated alkanes) is 43. The lowest BCUT2D eigenvalue weighted by Crippen LogP contribution is -2.30. The fourth-order valence-corrected chi connectivity index (χ4v) is 10.2. The molecule has 6 heteroatoms. The summed E-state index contributed by atoms with van der Waals surface area (Å²) in [5, 5.41) is 0. The van der Waals surface area contributed by atoms with Crippen molar-refractivity contribution in [3.8, 4) is 0 Å². The maximum Gasteiger partial charge on any atom is 0.306 e. The highest BCUT2D eigenvalue weighted by atomic mass is 16.6. The minimum Gasteiger partial charge on any atom is -0.462 e. The van der Waals surface area contributed by atoms with E-state index in [0.717, 1.165) is 89.9 Å². The van der Waals surface area contributed by atoms with Crippen molar-refractivity contribution in [2.24, 2.45) is 0 Å². The average molecular weight is 1110 g/mol. The van der Waals surface area contributed by atoms with Crippen molar-refractivity contribution in [2.45, 2.75) is 374 Å². The Bertz CT molecular complexity index is 1410. The highest BCUT2D eigenvalue weighted by Gasteiger charge is 2.19. The quantitative estimate of drug-likeness (QED) is 0.0261. The molecule has 1 atom stereocenters. The zero-order valence-corrected chi connectivity index (χ0v) is 52.9. The van der Waals surface area contributed by atoms with Crippen LogP contribution in [-0.2, 0) is 28.6 Å². The normalized spacial score (nSPS) is 12.4. The summed E-state index contributed by atoms with van der Waals surface area (Å²) in [4.78, 5) is 38.4. The van der Waals surface area contributed by atoms with Gasteiger partial charge in [-0.25, -0.2) is 0 Å². The van der Waals surface area contributed by atoms with Gasteiger partial charge in [0.25, 0.3) is 0 Å². The fourth-order valence-electron chi connectivity index (χ4n) is 10.2. The van der Waals surface area contributed by atoms with Crippen molar-refractivity contribution in [3.05, 3.63) is 60.8 Å². The molecule has 0 aliphatic heterocycles. The van der Waals surface area contributed by atoms with Crippen LogP contribution in [0.25, 0.3) is 0 Å². The summed E-state index contributed by atoms with van der Waals surface area (Å²) < 4.78 is 17.0. The summed E-state index contributed by atoms with van der Waals surface area (Å²) in [5.41, 5.74) is 0. The van der Waals surface area contributed by atoms with E-state index in [0.29, 0.717) is 19.3 Å². The average Bonchev–Trinajstić information content (AvgIpc) is 3.45. The Morgan fingerprint density at radius 3 is 0.759 bits per heavy atom. The lowest BCUT2D eigenvalue weighted by atomic mass is 10.0.